The summed E-state index contributed by atoms with van der Waals surface area (Å²) < 4.78 is 0. The molecule has 1 aliphatic heterocycles. The third-order valence-electron chi connectivity index (χ3n) is 5.14. The van der Waals surface area contributed by atoms with E-state index >= 15 is 0 Å². The van der Waals surface area contributed by atoms with Crippen molar-refractivity contribution in [1.29, 1.82) is 0 Å². The minimum atomic E-state index is -0.698. The molecule has 2 rings (SSSR count). The van der Waals surface area contributed by atoms with Crippen LogP contribution in [0.4, 0.5) is 0 Å². The largest absolute Gasteiger partial charge is 0.342 e. The number of nitrogens with zero attached hydrogens (tertiary/aromatic N) is 1. The summed E-state index contributed by atoms with van der Waals surface area (Å²) in [6.45, 7) is 7.87. The first kappa shape index (κ1) is 15.3. The Morgan fingerprint density at radius 1 is 1.25 bits per heavy atom. The smallest absolute Gasteiger partial charge is 0.246 e. The number of hydrogen-bond acceptors (Lipinski definition) is 2. The quantitative estimate of drug-likeness (QED) is 0.863. The molecule has 0 aromatic carbocycles. The van der Waals surface area contributed by atoms with Crippen molar-refractivity contribution in [1.82, 2.24) is 10.2 Å². The van der Waals surface area contributed by atoms with Crippen LogP contribution in [0, 0.1) is 5.92 Å². The van der Waals surface area contributed by atoms with E-state index in [1.165, 1.54) is 19.3 Å². The molecule has 20 heavy (non-hydrogen) atoms. The zero-order valence-corrected chi connectivity index (χ0v) is 13.2. The number of carbonyl (C=O) groups excluding carboxylic acids is 2. The summed E-state index contributed by atoms with van der Waals surface area (Å²) in [4.78, 5) is 27.3. The molecule has 1 saturated carbocycles. The van der Waals surface area contributed by atoms with E-state index in [4.69, 9.17) is 0 Å². The lowest BCUT2D eigenvalue weighted by atomic mass is 9.79. The van der Waals surface area contributed by atoms with Crippen molar-refractivity contribution in [2.45, 2.75) is 83.8 Å². The monoisotopic (exact) mass is 280 g/mol. The first-order valence-electron chi connectivity index (χ1n) is 8.06. The summed E-state index contributed by atoms with van der Waals surface area (Å²) in [7, 11) is 0. The van der Waals surface area contributed by atoms with Crippen molar-refractivity contribution in [2.24, 2.45) is 5.92 Å². The van der Waals surface area contributed by atoms with Crippen molar-refractivity contribution in [2.75, 3.05) is 0 Å². The van der Waals surface area contributed by atoms with Crippen LogP contribution in [0.3, 0.4) is 0 Å². The van der Waals surface area contributed by atoms with Crippen LogP contribution in [-0.4, -0.2) is 34.3 Å². The Labute approximate surface area is 122 Å². The zero-order chi connectivity index (χ0) is 14.9. The van der Waals surface area contributed by atoms with E-state index in [9.17, 15) is 9.59 Å². The van der Waals surface area contributed by atoms with Crippen molar-refractivity contribution in [3.05, 3.63) is 0 Å². The van der Waals surface area contributed by atoms with Gasteiger partial charge in [0, 0.05) is 6.04 Å². The second kappa shape index (κ2) is 5.74. The second-order valence-electron chi connectivity index (χ2n) is 6.78. The standard InChI is InChI=1S/C16H28N2O2/c1-5-16(4)15(20)17-13(12-9-7-6-8-10-12)14(19)18(16)11(2)3/h11-13H,5-10H2,1-4H3,(H,17,20). The maximum absolute atomic E-state index is 12.9. The summed E-state index contributed by atoms with van der Waals surface area (Å²) in [6.07, 6.45) is 6.39. The molecule has 4 nitrogen and oxygen atoms in total. The molecule has 0 bridgehead atoms. The Hall–Kier alpha value is -1.06. The number of carbonyl (C=O) groups is 2. The lowest BCUT2D eigenvalue weighted by Crippen LogP contribution is -2.72. The van der Waals surface area contributed by atoms with Gasteiger partial charge >= 0.3 is 0 Å². The Kier molecular flexibility index (Phi) is 4.40. The van der Waals surface area contributed by atoms with Gasteiger partial charge in [0.1, 0.15) is 11.6 Å². The minimum Gasteiger partial charge on any atom is -0.342 e. The maximum atomic E-state index is 12.9. The van der Waals surface area contributed by atoms with E-state index in [0.717, 1.165) is 12.8 Å². The highest BCUT2D eigenvalue weighted by Crippen LogP contribution is 2.33. The van der Waals surface area contributed by atoms with Crippen molar-refractivity contribution in [3.8, 4) is 0 Å². The summed E-state index contributed by atoms with van der Waals surface area (Å²) in [6, 6.07) is -0.241. The number of rotatable bonds is 3. The fraction of sp³-hybridized carbons (Fsp3) is 0.875. The van der Waals surface area contributed by atoms with E-state index in [2.05, 4.69) is 5.32 Å². The minimum absolute atomic E-state index is 0.0175. The van der Waals surface area contributed by atoms with E-state index in [1.807, 2.05) is 32.6 Å². The van der Waals surface area contributed by atoms with Gasteiger partial charge in [-0.25, -0.2) is 0 Å². The molecule has 0 radical (unpaired) electrons. The van der Waals surface area contributed by atoms with E-state index in [-0.39, 0.29) is 23.9 Å². The highest BCUT2D eigenvalue weighted by molar-refractivity contribution is 5.99. The second-order valence-corrected chi connectivity index (χ2v) is 6.78. The van der Waals surface area contributed by atoms with Gasteiger partial charge in [-0.05, 0) is 46.0 Å². The van der Waals surface area contributed by atoms with Crippen LogP contribution in [0.1, 0.15) is 66.2 Å². The van der Waals surface area contributed by atoms with Crippen LogP contribution in [0.15, 0.2) is 0 Å². The maximum Gasteiger partial charge on any atom is 0.246 e. The van der Waals surface area contributed by atoms with Crippen LogP contribution in [0.5, 0.6) is 0 Å². The van der Waals surface area contributed by atoms with Crippen LogP contribution in [0.2, 0.25) is 0 Å². The van der Waals surface area contributed by atoms with Gasteiger partial charge in [-0.3, -0.25) is 9.59 Å². The molecular formula is C16H28N2O2. The fourth-order valence-electron chi connectivity index (χ4n) is 3.80. The van der Waals surface area contributed by atoms with E-state index in [1.54, 1.807) is 0 Å². The van der Waals surface area contributed by atoms with Gasteiger partial charge in [-0.1, -0.05) is 26.2 Å². The number of amides is 2. The lowest BCUT2D eigenvalue weighted by molar-refractivity contribution is -0.161. The average molecular weight is 280 g/mol. The predicted molar refractivity (Wildman–Crippen MR) is 79.2 cm³/mol. The number of nitrogens with one attached hydrogen (secondary N) is 1. The highest BCUT2D eigenvalue weighted by Gasteiger charge is 2.50. The van der Waals surface area contributed by atoms with Gasteiger partial charge in [0.25, 0.3) is 0 Å². The summed E-state index contributed by atoms with van der Waals surface area (Å²) in [5, 5.41) is 3.03. The lowest BCUT2D eigenvalue weighted by Gasteiger charge is -2.49. The number of hydrogen-bond donors (Lipinski definition) is 1. The molecule has 2 amide bonds. The third kappa shape index (κ3) is 2.45. The molecule has 1 saturated heterocycles. The van der Waals surface area contributed by atoms with Crippen molar-refractivity contribution < 1.29 is 9.59 Å². The molecular weight excluding hydrogens is 252 g/mol. The third-order valence-corrected chi connectivity index (χ3v) is 5.14. The van der Waals surface area contributed by atoms with Gasteiger partial charge in [-0.15, -0.1) is 0 Å². The first-order valence-corrected chi connectivity index (χ1v) is 8.06. The van der Waals surface area contributed by atoms with E-state index in [0.29, 0.717) is 12.3 Å². The van der Waals surface area contributed by atoms with E-state index < -0.39 is 5.54 Å². The molecule has 0 spiro atoms. The Morgan fingerprint density at radius 2 is 1.85 bits per heavy atom. The van der Waals surface area contributed by atoms with Crippen LogP contribution in [0.25, 0.3) is 0 Å². The van der Waals surface area contributed by atoms with Crippen LogP contribution < -0.4 is 5.32 Å². The molecule has 1 aliphatic carbocycles. The molecule has 0 aromatic heterocycles. The van der Waals surface area contributed by atoms with Gasteiger partial charge < -0.3 is 10.2 Å². The van der Waals surface area contributed by atoms with Crippen LogP contribution >= 0.6 is 0 Å². The zero-order valence-electron chi connectivity index (χ0n) is 13.2. The van der Waals surface area contributed by atoms with Crippen molar-refractivity contribution in [3.63, 3.8) is 0 Å². The van der Waals surface area contributed by atoms with Gasteiger partial charge in [-0.2, -0.15) is 0 Å². The summed E-state index contributed by atoms with van der Waals surface area (Å²) in [5.41, 5.74) is -0.698. The SMILES string of the molecule is CCC1(C)C(=O)NC(C2CCCCC2)C(=O)N1C(C)C. The molecule has 0 aromatic rings. The normalized spacial score (nSPS) is 32.6. The molecule has 2 aliphatic rings. The fourth-order valence-corrected chi connectivity index (χ4v) is 3.80. The highest BCUT2D eigenvalue weighted by atomic mass is 16.2. The predicted octanol–water partition coefficient (Wildman–Crippen LogP) is 2.47. The molecule has 2 fully saturated rings. The Morgan fingerprint density at radius 3 is 2.35 bits per heavy atom. The molecule has 1 N–H and O–H groups in total. The number of piperazine rings is 1. The average Bonchev–Trinajstić information content (AvgIpc) is 2.43. The first-order chi connectivity index (χ1) is 9.41. The molecule has 114 valence electrons. The topological polar surface area (TPSA) is 49.4 Å². The molecule has 4 heteroatoms. The van der Waals surface area contributed by atoms with Gasteiger partial charge in [0.15, 0.2) is 0 Å². The molecule has 2 atom stereocenters. The Bertz CT molecular complexity index is 388. The molecule has 1 heterocycles. The van der Waals surface area contributed by atoms with Gasteiger partial charge in [0.05, 0.1) is 0 Å². The van der Waals surface area contributed by atoms with Crippen LogP contribution in [-0.2, 0) is 9.59 Å². The molecule has 2 unspecified atom stereocenters. The van der Waals surface area contributed by atoms with Crippen molar-refractivity contribution >= 4 is 11.8 Å². The summed E-state index contributed by atoms with van der Waals surface area (Å²) >= 11 is 0. The van der Waals surface area contributed by atoms with Gasteiger partial charge in [0.2, 0.25) is 11.8 Å². The Balaban J connectivity index is 2.26. The summed E-state index contributed by atoms with van der Waals surface area (Å²) in [5.74, 6) is 0.461.